The molecule has 0 aliphatic rings. The summed E-state index contributed by atoms with van der Waals surface area (Å²) in [6.45, 7) is 6.34. The summed E-state index contributed by atoms with van der Waals surface area (Å²) in [4.78, 5) is 0. The Kier molecular flexibility index (Phi) is 5.02. The van der Waals surface area contributed by atoms with E-state index in [0.717, 1.165) is 12.0 Å². The Morgan fingerprint density at radius 2 is 1.67 bits per heavy atom. The third kappa shape index (κ3) is 4.05. The maximum Gasteiger partial charge on any atom is 0.124 e. The molecular weight excluding hydrogens is 285 g/mol. The zero-order valence-corrected chi connectivity index (χ0v) is 13.5. The lowest BCUT2D eigenvalue weighted by Crippen LogP contribution is -2.26. The summed E-state index contributed by atoms with van der Waals surface area (Å²) >= 11 is 6.06. The van der Waals surface area contributed by atoms with Crippen LogP contribution in [-0.2, 0) is 12.8 Å². The van der Waals surface area contributed by atoms with Gasteiger partial charge in [-0.3, -0.25) is 0 Å². The van der Waals surface area contributed by atoms with E-state index in [9.17, 15) is 4.39 Å². The van der Waals surface area contributed by atoms with Crippen molar-refractivity contribution in [2.24, 2.45) is 5.73 Å². The molecule has 3 heteroatoms. The third-order valence-electron chi connectivity index (χ3n) is 3.80. The van der Waals surface area contributed by atoms with Crippen molar-refractivity contribution in [3.05, 3.63) is 69.0 Å². The molecule has 21 heavy (non-hydrogen) atoms. The van der Waals surface area contributed by atoms with Crippen molar-refractivity contribution >= 4 is 11.6 Å². The van der Waals surface area contributed by atoms with E-state index in [1.54, 1.807) is 6.07 Å². The van der Waals surface area contributed by atoms with Gasteiger partial charge in [0.2, 0.25) is 0 Å². The van der Waals surface area contributed by atoms with Gasteiger partial charge in [0.15, 0.2) is 0 Å². The van der Waals surface area contributed by atoms with Crippen LogP contribution in [0.5, 0.6) is 0 Å². The minimum absolute atomic E-state index is 0.0342. The SMILES string of the molecule is Cc1cc(C)c(CC(N)Cc2ccc(F)cc2Cl)c(C)c1. The van der Waals surface area contributed by atoms with Gasteiger partial charge < -0.3 is 5.73 Å². The summed E-state index contributed by atoms with van der Waals surface area (Å²) in [5, 5.41) is 0.447. The Bertz CT molecular complexity index is 629. The second-order valence-corrected chi connectivity index (χ2v) is 6.19. The molecule has 0 aliphatic heterocycles. The molecular formula is C18H21ClFN. The molecule has 0 saturated heterocycles. The molecule has 0 bridgehead atoms. The molecule has 2 rings (SSSR count). The Balaban J connectivity index is 2.13. The molecule has 0 fully saturated rings. The van der Waals surface area contributed by atoms with Gasteiger partial charge in [-0.25, -0.2) is 4.39 Å². The highest BCUT2D eigenvalue weighted by Gasteiger charge is 2.12. The van der Waals surface area contributed by atoms with Crippen molar-refractivity contribution in [1.29, 1.82) is 0 Å². The van der Waals surface area contributed by atoms with Crippen LogP contribution in [0.15, 0.2) is 30.3 Å². The molecule has 0 heterocycles. The van der Waals surface area contributed by atoms with E-state index < -0.39 is 0 Å². The van der Waals surface area contributed by atoms with Crippen molar-refractivity contribution in [2.75, 3.05) is 0 Å². The fourth-order valence-electron chi connectivity index (χ4n) is 2.84. The summed E-state index contributed by atoms with van der Waals surface area (Å²) < 4.78 is 13.1. The van der Waals surface area contributed by atoms with Crippen LogP contribution >= 0.6 is 11.6 Å². The quantitative estimate of drug-likeness (QED) is 0.883. The van der Waals surface area contributed by atoms with E-state index in [-0.39, 0.29) is 11.9 Å². The molecule has 2 aromatic carbocycles. The first-order valence-electron chi connectivity index (χ1n) is 7.13. The number of benzene rings is 2. The standard InChI is InChI=1S/C18H21ClFN/c1-11-6-12(2)17(13(3)7-11)10-16(21)8-14-4-5-15(20)9-18(14)19/h4-7,9,16H,8,10,21H2,1-3H3. The Morgan fingerprint density at radius 1 is 1.05 bits per heavy atom. The van der Waals surface area contributed by atoms with Crippen LogP contribution in [0, 0.1) is 26.6 Å². The highest BCUT2D eigenvalue weighted by Crippen LogP contribution is 2.22. The number of hydrogen-bond donors (Lipinski definition) is 1. The lowest BCUT2D eigenvalue weighted by molar-refractivity contribution is 0.623. The molecule has 0 saturated carbocycles. The zero-order chi connectivity index (χ0) is 15.6. The van der Waals surface area contributed by atoms with Crippen molar-refractivity contribution in [3.63, 3.8) is 0 Å². The molecule has 0 spiro atoms. The van der Waals surface area contributed by atoms with Crippen LogP contribution in [0.2, 0.25) is 5.02 Å². The maximum atomic E-state index is 13.1. The number of aryl methyl sites for hydroxylation is 3. The highest BCUT2D eigenvalue weighted by molar-refractivity contribution is 6.31. The molecule has 1 nitrogen and oxygen atoms in total. The van der Waals surface area contributed by atoms with Gasteiger partial charge in [0.25, 0.3) is 0 Å². The van der Waals surface area contributed by atoms with Crippen molar-refractivity contribution in [3.8, 4) is 0 Å². The summed E-state index contributed by atoms with van der Waals surface area (Å²) in [7, 11) is 0. The number of halogens is 2. The molecule has 1 unspecified atom stereocenters. The van der Waals surface area contributed by atoms with Gasteiger partial charge >= 0.3 is 0 Å². The fourth-order valence-corrected chi connectivity index (χ4v) is 3.08. The van der Waals surface area contributed by atoms with Crippen molar-refractivity contribution in [2.45, 2.75) is 39.7 Å². The van der Waals surface area contributed by atoms with E-state index in [1.807, 2.05) is 0 Å². The molecule has 0 aliphatic carbocycles. The Morgan fingerprint density at radius 3 is 2.24 bits per heavy atom. The molecule has 0 amide bonds. The first kappa shape index (κ1) is 16.0. The minimum Gasteiger partial charge on any atom is -0.327 e. The van der Waals surface area contributed by atoms with Crippen LogP contribution in [0.1, 0.15) is 27.8 Å². The van der Waals surface area contributed by atoms with E-state index >= 15 is 0 Å². The highest BCUT2D eigenvalue weighted by atomic mass is 35.5. The smallest absolute Gasteiger partial charge is 0.124 e. The van der Waals surface area contributed by atoms with Crippen molar-refractivity contribution in [1.82, 2.24) is 0 Å². The largest absolute Gasteiger partial charge is 0.327 e. The van der Waals surface area contributed by atoms with Crippen LogP contribution < -0.4 is 5.73 Å². The van der Waals surface area contributed by atoms with Gasteiger partial charge in [-0.05, 0) is 68.0 Å². The minimum atomic E-state index is -0.317. The van der Waals surface area contributed by atoms with Gasteiger partial charge in [0.05, 0.1) is 0 Å². The summed E-state index contributed by atoms with van der Waals surface area (Å²) in [6.07, 6.45) is 1.44. The molecule has 2 N–H and O–H groups in total. The molecule has 0 aromatic heterocycles. The topological polar surface area (TPSA) is 26.0 Å². The van der Waals surface area contributed by atoms with Gasteiger partial charge in [0, 0.05) is 11.1 Å². The predicted molar refractivity (Wildman–Crippen MR) is 87.4 cm³/mol. The van der Waals surface area contributed by atoms with Gasteiger partial charge in [-0.2, -0.15) is 0 Å². The number of hydrogen-bond acceptors (Lipinski definition) is 1. The van der Waals surface area contributed by atoms with Gasteiger partial charge in [-0.15, -0.1) is 0 Å². The summed E-state index contributed by atoms with van der Waals surface area (Å²) in [5.41, 5.74) is 12.3. The molecule has 1 atom stereocenters. The van der Waals surface area contributed by atoms with E-state index in [4.69, 9.17) is 17.3 Å². The fraction of sp³-hybridized carbons (Fsp3) is 0.333. The monoisotopic (exact) mass is 305 g/mol. The second kappa shape index (κ2) is 6.59. The first-order chi connectivity index (χ1) is 9.86. The third-order valence-corrected chi connectivity index (χ3v) is 4.16. The zero-order valence-electron chi connectivity index (χ0n) is 12.7. The first-order valence-corrected chi connectivity index (χ1v) is 7.51. The van der Waals surface area contributed by atoms with Gasteiger partial charge in [-0.1, -0.05) is 35.4 Å². The van der Waals surface area contributed by atoms with E-state index in [1.165, 1.54) is 34.4 Å². The van der Waals surface area contributed by atoms with Crippen LogP contribution in [0.3, 0.4) is 0 Å². The van der Waals surface area contributed by atoms with Gasteiger partial charge in [0.1, 0.15) is 5.82 Å². The summed E-state index contributed by atoms with van der Waals surface area (Å²) in [5.74, 6) is -0.317. The average molecular weight is 306 g/mol. The second-order valence-electron chi connectivity index (χ2n) is 5.78. The lowest BCUT2D eigenvalue weighted by atomic mass is 9.92. The molecule has 2 aromatic rings. The normalized spacial score (nSPS) is 12.5. The van der Waals surface area contributed by atoms with E-state index in [0.29, 0.717) is 11.4 Å². The van der Waals surface area contributed by atoms with E-state index in [2.05, 4.69) is 32.9 Å². The average Bonchev–Trinajstić information content (AvgIpc) is 2.37. The summed E-state index contributed by atoms with van der Waals surface area (Å²) in [6, 6.07) is 8.81. The Labute approximate surface area is 130 Å². The maximum absolute atomic E-state index is 13.1. The lowest BCUT2D eigenvalue weighted by Gasteiger charge is -2.17. The predicted octanol–water partition coefficient (Wildman–Crippen LogP) is 4.52. The van der Waals surface area contributed by atoms with Crippen LogP contribution in [-0.4, -0.2) is 6.04 Å². The van der Waals surface area contributed by atoms with Crippen LogP contribution in [0.4, 0.5) is 4.39 Å². The molecule has 0 radical (unpaired) electrons. The number of nitrogens with two attached hydrogens (primary N) is 1. The van der Waals surface area contributed by atoms with Crippen molar-refractivity contribution < 1.29 is 4.39 Å². The number of rotatable bonds is 4. The Hall–Kier alpha value is -1.38. The van der Waals surface area contributed by atoms with Crippen LogP contribution in [0.25, 0.3) is 0 Å². The molecule has 112 valence electrons.